The molecule has 170 valence electrons. The average molecular weight is 487 g/mol. The maximum atomic E-state index is 12.4. The normalized spacial score (nSPS) is 11.0. The molecule has 0 bridgehead atoms. The van der Waals surface area contributed by atoms with Crippen LogP contribution in [-0.2, 0) is 12.3 Å². The molecule has 0 saturated carbocycles. The summed E-state index contributed by atoms with van der Waals surface area (Å²) in [6.45, 7) is 2.45. The first-order chi connectivity index (χ1) is 16.7. The van der Waals surface area contributed by atoms with Crippen LogP contribution in [0.3, 0.4) is 0 Å². The minimum atomic E-state index is -0.129. The van der Waals surface area contributed by atoms with Gasteiger partial charge in [0.15, 0.2) is 11.0 Å². The molecule has 6 nitrogen and oxygen atoms in total. The number of hydrogen-bond acceptors (Lipinski definition) is 6. The van der Waals surface area contributed by atoms with Crippen LogP contribution in [0.15, 0.2) is 94.0 Å². The van der Waals surface area contributed by atoms with E-state index in [-0.39, 0.29) is 5.91 Å². The van der Waals surface area contributed by atoms with Gasteiger partial charge < -0.3 is 9.73 Å². The number of aryl methyl sites for hydroxylation is 1. The lowest BCUT2D eigenvalue weighted by atomic mass is 10.1. The fourth-order valence-corrected chi connectivity index (χ4v) is 5.12. The van der Waals surface area contributed by atoms with Crippen molar-refractivity contribution in [3.63, 3.8) is 0 Å². The first-order valence-electron chi connectivity index (χ1n) is 10.8. The van der Waals surface area contributed by atoms with Crippen LogP contribution in [0, 0.1) is 6.92 Å². The van der Waals surface area contributed by atoms with Gasteiger partial charge >= 0.3 is 0 Å². The minimum absolute atomic E-state index is 0.129. The number of amides is 1. The number of carbonyl (C=O) groups is 1. The van der Waals surface area contributed by atoms with Crippen molar-refractivity contribution < 1.29 is 9.21 Å². The van der Waals surface area contributed by atoms with E-state index in [9.17, 15) is 4.79 Å². The number of carbonyl (C=O) groups excluding carboxylic acids is 1. The predicted octanol–water partition coefficient (Wildman–Crippen LogP) is 6.12. The minimum Gasteiger partial charge on any atom is -0.467 e. The van der Waals surface area contributed by atoms with Crippen LogP contribution >= 0.6 is 23.1 Å². The fourth-order valence-electron chi connectivity index (χ4n) is 3.51. The van der Waals surface area contributed by atoms with E-state index < -0.39 is 0 Å². The number of hydrogen-bond donors (Lipinski definition) is 1. The Labute approximate surface area is 205 Å². The Kier molecular flexibility index (Phi) is 6.60. The molecule has 0 aliphatic rings. The zero-order valence-corrected chi connectivity index (χ0v) is 20.1. The van der Waals surface area contributed by atoms with Crippen LogP contribution in [0.25, 0.3) is 16.4 Å². The van der Waals surface area contributed by atoms with Crippen molar-refractivity contribution in [2.75, 3.05) is 0 Å². The molecule has 5 rings (SSSR count). The number of benzene rings is 2. The van der Waals surface area contributed by atoms with Gasteiger partial charge in [-0.25, -0.2) is 0 Å². The number of nitrogens with zero attached hydrogens (tertiary/aromatic N) is 3. The molecular formula is C26H22N4O2S2. The average Bonchev–Trinajstić information content (AvgIpc) is 3.63. The molecule has 2 aromatic carbocycles. The maximum absolute atomic E-state index is 12.4. The molecule has 0 radical (unpaired) electrons. The Hall–Kier alpha value is -3.62. The molecule has 0 aliphatic heterocycles. The monoisotopic (exact) mass is 486 g/mol. The molecule has 5 aromatic rings. The number of thiophene rings is 1. The van der Waals surface area contributed by atoms with Gasteiger partial charge in [-0.3, -0.25) is 9.36 Å². The summed E-state index contributed by atoms with van der Waals surface area (Å²) in [5.74, 6) is 2.14. The van der Waals surface area contributed by atoms with Crippen LogP contribution in [0.1, 0.15) is 27.2 Å². The third-order valence-corrected chi connectivity index (χ3v) is 7.09. The Morgan fingerprint density at radius 1 is 1.06 bits per heavy atom. The summed E-state index contributed by atoms with van der Waals surface area (Å²) in [7, 11) is 0. The second kappa shape index (κ2) is 10.1. The molecule has 0 atom stereocenters. The van der Waals surface area contributed by atoms with Crippen molar-refractivity contribution in [3.05, 3.63) is 107 Å². The molecule has 0 saturated heterocycles. The third-order valence-electron chi connectivity index (χ3n) is 5.22. The molecule has 8 heteroatoms. The molecule has 0 spiro atoms. The summed E-state index contributed by atoms with van der Waals surface area (Å²) in [5, 5.41) is 14.7. The van der Waals surface area contributed by atoms with Crippen molar-refractivity contribution in [1.82, 2.24) is 20.1 Å². The summed E-state index contributed by atoms with van der Waals surface area (Å²) in [6, 6.07) is 23.7. The van der Waals surface area contributed by atoms with Crippen LogP contribution in [0.5, 0.6) is 0 Å². The number of thioether (sulfide) groups is 1. The van der Waals surface area contributed by atoms with Crippen LogP contribution in [-0.4, -0.2) is 20.7 Å². The number of nitrogens with one attached hydrogen (secondary N) is 1. The quantitative estimate of drug-likeness (QED) is 0.268. The molecular weight excluding hydrogens is 464 g/mol. The molecule has 1 N–H and O–H groups in total. The summed E-state index contributed by atoms with van der Waals surface area (Å²) in [6.07, 6.45) is 1.59. The molecule has 0 unspecified atom stereocenters. The summed E-state index contributed by atoms with van der Waals surface area (Å²) in [5.41, 5.74) is 3.94. The largest absolute Gasteiger partial charge is 0.467 e. The Bertz CT molecular complexity index is 1370. The maximum Gasteiger partial charge on any atom is 0.251 e. The first kappa shape index (κ1) is 22.2. The van der Waals surface area contributed by atoms with E-state index in [0.29, 0.717) is 17.9 Å². The molecule has 1 amide bonds. The summed E-state index contributed by atoms with van der Waals surface area (Å²) < 4.78 is 7.37. The van der Waals surface area contributed by atoms with Crippen molar-refractivity contribution >= 4 is 29.0 Å². The van der Waals surface area contributed by atoms with Gasteiger partial charge in [-0.15, -0.1) is 21.5 Å². The van der Waals surface area contributed by atoms with E-state index in [2.05, 4.69) is 51.3 Å². The lowest BCUT2D eigenvalue weighted by Crippen LogP contribution is -2.22. The van der Waals surface area contributed by atoms with Gasteiger partial charge in [0.2, 0.25) is 0 Å². The van der Waals surface area contributed by atoms with Gasteiger partial charge in [0.1, 0.15) is 5.76 Å². The lowest BCUT2D eigenvalue weighted by Gasteiger charge is -2.10. The zero-order chi connectivity index (χ0) is 23.3. The zero-order valence-electron chi connectivity index (χ0n) is 18.5. The summed E-state index contributed by atoms with van der Waals surface area (Å²) in [4.78, 5) is 13.5. The van der Waals surface area contributed by atoms with E-state index in [1.54, 1.807) is 35.4 Å². The topological polar surface area (TPSA) is 73.0 Å². The molecule has 34 heavy (non-hydrogen) atoms. The van der Waals surface area contributed by atoms with Gasteiger partial charge in [0.25, 0.3) is 5.91 Å². The molecule has 0 aliphatic carbocycles. The Morgan fingerprint density at radius 2 is 1.94 bits per heavy atom. The molecule has 0 fully saturated rings. The van der Waals surface area contributed by atoms with E-state index in [1.165, 1.54) is 5.56 Å². The van der Waals surface area contributed by atoms with Gasteiger partial charge in [-0.2, -0.15) is 0 Å². The molecule has 3 heterocycles. The van der Waals surface area contributed by atoms with Crippen molar-refractivity contribution in [2.45, 2.75) is 24.4 Å². The van der Waals surface area contributed by atoms with E-state index in [4.69, 9.17) is 4.42 Å². The van der Waals surface area contributed by atoms with Crippen LogP contribution in [0.4, 0.5) is 0 Å². The predicted molar refractivity (Wildman–Crippen MR) is 135 cm³/mol. The highest BCUT2D eigenvalue weighted by Crippen LogP contribution is 2.32. The van der Waals surface area contributed by atoms with Gasteiger partial charge in [0, 0.05) is 11.3 Å². The van der Waals surface area contributed by atoms with Crippen molar-refractivity contribution in [1.29, 1.82) is 0 Å². The lowest BCUT2D eigenvalue weighted by molar-refractivity contribution is 0.0948. The van der Waals surface area contributed by atoms with Gasteiger partial charge in [0.05, 0.1) is 23.4 Å². The second-order valence-electron chi connectivity index (χ2n) is 7.71. The third kappa shape index (κ3) is 4.98. The highest BCUT2D eigenvalue weighted by atomic mass is 32.2. The fraction of sp³-hybridized carbons (Fsp3) is 0.115. The number of rotatable bonds is 8. The number of aromatic nitrogens is 3. The van der Waals surface area contributed by atoms with E-state index in [1.807, 2.05) is 47.8 Å². The second-order valence-corrected chi connectivity index (χ2v) is 9.60. The summed E-state index contributed by atoms with van der Waals surface area (Å²) >= 11 is 3.27. The Balaban J connectivity index is 1.31. The van der Waals surface area contributed by atoms with Crippen LogP contribution in [0.2, 0.25) is 0 Å². The van der Waals surface area contributed by atoms with E-state index in [0.717, 1.165) is 32.9 Å². The SMILES string of the molecule is Cc1cccc(-n2c(SCc3ccc(C(=O)NCc4ccco4)cc3)nnc2-c2cccs2)c1. The smallest absolute Gasteiger partial charge is 0.251 e. The van der Waals surface area contributed by atoms with Gasteiger partial charge in [-0.1, -0.05) is 42.1 Å². The van der Waals surface area contributed by atoms with Crippen LogP contribution < -0.4 is 5.32 Å². The van der Waals surface area contributed by atoms with Gasteiger partial charge in [-0.05, 0) is 65.9 Å². The highest BCUT2D eigenvalue weighted by molar-refractivity contribution is 7.98. The Morgan fingerprint density at radius 3 is 2.68 bits per heavy atom. The first-order valence-corrected chi connectivity index (χ1v) is 12.6. The van der Waals surface area contributed by atoms with Crippen molar-refractivity contribution in [2.24, 2.45) is 0 Å². The van der Waals surface area contributed by atoms with E-state index >= 15 is 0 Å². The highest BCUT2D eigenvalue weighted by Gasteiger charge is 2.17. The standard InChI is InChI=1S/C26H22N4O2S2/c1-18-5-2-6-21(15-18)30-24(23-8-4-14-33-23)28-29-26(30)34-17-19-9-11-20(12-10-19)25(31)27-16-22-7-3-13-32-22/h2-15H,16-17H2,1H3,(H,27,31). The number of furan rings is 1. The molecule has 3 aromatic heterocycles. The van der Waals surface area contributed by atoms with Crippen molar-refractivity contribution in [3.8, 4) is 16.4 Å².